The third kappa shape index (κ3) is 2.29. The van der Waals surface area contributed by atoms with Gasteiger partial charge in [0.25, 0.3) is 0 Å². The Labute approximate surface area is 120 Å². The highest BCUT2D eigenvalue weighted by atomic mass is 16.3. The summed E-state index contributed by atoms with van der Waals surface area (Å²) in [7, 11) is 0. The van der Waals surface area contributed by atoms with Crippen molar-refractivity contribution in [3.05, 3.63) is 29.3 Å². The number of nitriles is 1. The molecule has 1 saturated carbocycles. The first-order chi connectivity index (χ1) is 9.62. The fourth-order valence-corrected chi connectivity index (χ4v) is 3.78. The first-order valence-electron chi connectivity index (χ1n) is 7.60. The Morgan fingerprint density at radius 1 is 1.35 bits per heavy atom. The Morgan fingerprint density at radius 3 is 2.95 bits per heavy atom. The molecule has 106 valence electrons. The van der Waals surface area contributed by atoms with E-state index in [1.807, 2.05) is 19.1 Å². The Morgan fingerprint density at radius 2 is 2.20 bits per heavy atom. The molecule has 1 aliphatic carbocycles. The molecule has 0 bridgehead atoms. The Balaban J connectivity index is 1.79. The van der Waals surface area contributed by atoms with Crippen molar-refractivity contribution >= 4 is 5.69 Å². The van der Waals surface area contributed by atoms with Crippen LogP contribution in [0, 0.1) is 24.2 Å². The number of rotatable bonds is 1. The van der Waals surface area contributed by atoms with Gasteiger partial charge < -0.3 is 10.0 Å². The van der Waals surface area contributed by atoms with E-state index >= 15 is 0 Å². The Kier molecular flexibility index (Phi) is 3.43. The second kappa shape index (κ2) is 5.10. The number of nitrogens with zero attached hydrogens (tertiary/aromatic N) is 2. The van der Waals surface area contributed by atoms with Gasteiger partial charge in [0, 0.05) is 24.7 Å². The van der Waals surface area contributed by atoms with Gasteiger partial charge >= 0.3 is 0 Å². The summed E-state index contributed by atoms with van der Waals surface area (Å²) in [6.45, 7) is 3.85. The largest absolute Gasteiger partial charge is 0.389 e. The summed E-state index contributed by atoms with van der Waals surface area (Å²) in [5.41, 5.74) is 2.56. The fraction of sp³-hybridized carbons (Fsp3) is 0.588. The van der Waals surface area contributed by atoms with Gasteiger partial charge in [-0.05, 0) is 49.9 Å². The van der Waals surface area contributed by atoms with Crippen molar-refractivity contribution in [2.45, 2.75) is 44.6 Å². The van der Waals surface area contributed by atoms with Crippen LogP contribution in [-0.4, -0.2) is 23.8 Å². The molecule has 3 rings (SSSR count). The molecule has 1 aromatic rings. The Bertz CT molecular complexity index is 548. The molecule has 20 heavy (non-hydrogen) atoms. The number of benzene rings is 1. The van der Waals surface area contributed by atoms with Crippen LogP contribution in [-0.2, 0) is 0 Å². The smallest absolute Gasteiger partial charge is 0.0994 e. The minimum Gasteiger partial charge on any atom is -0.389 e. The van der Waals surface area contributed by atoms with Crippen molar-refractivity contribution in [2.24, 2.45) is 5.92 Å². The van der Waals surface area contributed by atoms with Crippen LogP contribution in [0.4, 0.5) is 5.69 Å². The number of piperidine rings is 1. The van der Waals surface area contributed by atoms with Crippen molar-refractivity contribution in [3.63, 3.8) is 0 Å². The van der Waals surface area contributed by atoms with E-state index in [4.69, 9.17) is 5.26 Å². The van der Waals surface area contributed by atoms with Gasteiger partial charge in [0.2, 0.25) is 0 Å². The first kappa shape index (κ1) is 13.5. The van der Waals surface area contributed by atoms with E-state index in [0.717, 1.165) is 43.5 Å². The lowest BCUT2D eigenvalue weighted by atomic mass is 9.71. The molecule has 0 amide bonds. The molecule has 1 heterocycles. The van der Waals surface area contributed by atoms with Crippen LogP contribution in [0.5, 0.6) is 0 Å². The summed E-state index contributed by atoms with van der Waals surface area (Å²) in [4.78, 5) is 2.37. The summed E-state index contributed by atoms with van der Waals surface area (Å²) < 4.78 is 0. The number of aliphatic hydroxyl groups is 1. The van der Waals surface area contributed by atoms with Gasteiger partial charge in [-0.1, -0.05) is 12.8 Å². The monoisotopic (exact) mass is 270 g/mol. The summed E-state index contributed by atoms with van der Waals surface area (Å²) in [6.07, 6.45) is 5.40. The van der Waals surface area contributed by atoms with Gasteiger partial charge in [0.05, 0.1) is 17.2 Å². The minimum absolute atomic E-state index is 0.404. The van der Waals surface area contributed by atoms with E-state index in [2.05, 4.69) is 17.0 Å². The quantitative estimate of drug-likeness (QED) is 0.853. The van der Waals surface area contributed by atoms with E-state index in [1.54, 1.807) is 0 Å². The van der Waals surface area contributed by atoms with Crippen molar-refractivity contribution < 1.29 is 5.11 Å². The number of anilines is 1. The lowest BCUT2D eigenvalue weighted by Gasteiger charge is -2.48. The van der Waals surface area contributed by atoms with Crippen LogP contribution in [0.25, 0.3) is 0 Å². The standard InChI is InChI=1S/C17H22N2O/c1-13-10-16(6-5-14(13)11-18)19-9-8-17(20)7-3-2-4-15(17)12-19/h5-6,10,15,20H,2-4,7-9,12H2,1H3. The molecule has 2 fully saturated rings. The molecule has 1 aromatic carbocycles. The highest BCUT2D eigenvalue weighted by Gasteiger charge is 2.42. The van der Waals surface area contributed by atoms with Crippen molar-refractivity contribution in [2.75, 3.05) is 18.0 Å². The van der Waals surface area contributed by atoms with Gasteiger partial charge in [0.15, 0.2) is 0 Å². The predicted octanol–water partition coefficient (Wildman–Crippen LogP) is 3.00. The van der Waals surface area contributed by atoms with E-state index in [0.29, 0.717) is 5.92 Å². The van der Waals surface area contributed by atoms with Gasteiger partial charge in [-0.2, -0.15) is 5.26 Å². The maximum Gasteiger partial charge on any atom is 0.0994 e. The van der Waals surface area contributed by atoms with E-state index in [9.17, 15) is 5.11 Å². The Hall–Kier alpha value is -1.53. The number of aryl methyl sites for hydroxylation is 1. The number of fused-ring (bicyclic) bond motifs is 1. The molecule has 1 saturated heterocycles. The molecule has 3 heteroatoms. The van der Waals surface area contributed by atoms with Crippen LogP contribution in [0.2, 0.25) is 0 Å². The van der Waals surface area contributed by atoms with Crippen molar-refractivity contribution in [3.8, 4) is 6.07 Å². The normalized spacial score (nSPS) is 29.6. The zero-order valence-corrected chi connectivity index (χ0v) is 12.1. The summed E-state index contributed by atoms with van der Waals surface area (Å²) in [6, 6.07) is 8.27. The van der Waals surface area contributed by atoms with Crippen molar-refractivity contribution in [1.82, 2.24) is 0 Å². The molecule has 2 unspecified atom stereocenters. The summed E-state index contributed by atoms with van der Waals surface area (Å²) in [5.74, 6) is 0.404. The zero-order chi connectivity index (χ0) is 14.2. The summed E-state index contributed by atoms with van der Waals surface area (Å²) in [5, 5.41) is 19.7. The number of hydrogen-bond donors (Lipinski definition) is 1. The van der Waals surface area contributed by atoms with Crippen LogP contribution in [0.1, 0.15) is 43.2 Å². The lowest BCUT2D eigenvalue weighted by Crippen LogP contribution is -2.53. The van der Waals surface area contributed by atoms with Crippen LogP contribution in [0.15, 0.2) is 18.2 Å². The van der Waals surface area contributed by atoms with Gasteiger partial charge in [0.1, 0.15) is 0 Å². The predicted molar refractivity (Wildman–Crippen MR) is 79.6 cm³/mol. The molecule has 1 N–H and O–H groups in total. The average molecular weight is 270 g/mol. The van der Waals surface area contributed by atoms with E-state index in [1.165, 1.54) is 18.5 Å². The van der Waals surface area contributed by atoms with Crippen LogP contribution < -0.4 is 4.90 Å². The second-order valence-electron chi connectivity index (χ2n) is 6.35. The van der Waals surface area contributed by atoms with Crippen molar-refractivity contribution in [1.29, 1.82) is 5.26 Å². The SMILES string of the molecule is Cc1cc(N2CCC3(O)CCCCC3C2)ccc1C#N. The van der Waals surface area contributed by atoms with E-state index < -0.39 is 5.60 Å². The van der Waals surface area contributed by atoms with Gasteiger partial charge in [-0.15, -0.1) is 0 Å². The van der Waals surface area contributed by atoms with Gasteiger partial charge in [-0.3, -0.25) is 0 Å². The molecular formula is C17H22N2O. The molecular weight excluding hydrogens is 248 g/mol. The fourth-order valence-electron chi connectivity index (χ4n) is 3.78. The zero-order valence-electron chi connectivity index (χ0n) is 12.1. The molecule has 3 nitrogen and oxygen atoms in total. The molecule has 0 radical (unpaired) electrons. The maximum absolute atomic E-state index is 10.7. The van der Waals surface area contributed by atoms with Crippen LogP contribution >= 0.6 is 0 Å². The van der Waals surface area contributed by atoms with Crippen LogP contribution in [0.3, 0.4) is 0 Å². The molecule has 0 spiro atoms. The summed E-state index contributed by atoms with van der Waals surface area (Å²) >= 11 is 0. The minimum atomic E-state index is -0.420. The topological polar surface area (TPSA) is 47.3 Å². The molecule has 2 atom stereocenters. The molecule has 2 aliphatic rings. The molecule has 1 aliphatic heterocycles. The highest BCUT2D eigenvalue weighted by molar-refractivity contribution is 5.54. The maximum atomic E-state index is 10.7. The average Bonchev–Trinajstić information content (AvgIpc) is 2.46. The molecule has 0 aromatic heterocycles. The third-order valence-electron chi connectivity index (χ3n) is 5.12. The number of hydrogen-bond acceptors (Lipinski definition) is 3. The van der Waals surface area contributed by atoms with Gasteiger partial charge in [-0.25, -0.2) is 0 Å². The van der Waals surface area contributed by atoms with E-state index in [-0.39, 0.29) is 0 Å². The second-order valence-corrected chi connectivity index (χ2v) is 6.35. The first-order valence-corrected chi connectivity index (χ1v) is 7.60. The highest BCUT2D eigenvalue weighted by Crippen LogP contribution is 2.40. The lowest BCUT2D eigenvalue weighted by molar-refractivity contribution is -0.0612. The third-order valence-corrected chi connectivity index (χ3v) is 5.12.